The molecular weight excluding hydrogens is 395 g/mol. The highest BCUT2D eigenvalue weighted by Crippen LogP contribution is 2.26. The van der Waals surface area contributed by atoms with E-state index in [4.69, 9.17) is 23.2 Å². The molecule has 0 aliphatic heterocycles. The normalized spacial score (nSPS) is 10.6. The second kappa shape index (κ2) is 8.72. The molecule has 0 fully saturated rings. The predicted octanol–water partition coefficient (Wildman–Crippen LogP) is 5.67. The number of halogens is 2. The molecule has 1 N–H and O–H groups in total. The van der Waals surface area contributed by atoms with Crippen LogP contribution in [0.1, 0.15) is 21.6 Å². The van der Waals surface area contributed by atoms with E-state index in [0.717, 1.165) is 21.9 Å². The Hall–Kier alpha value is -1.53. The molecule has 0 saturated carbocycles. The summed E-state index contributed by atoms with van der Waals surface area (Å²) in [6.07, 6.45) is 0. The SMILES string of the molecule is O=C(NCc1ccc(Cl)cc1Cl)c1ccccc1SCc1cscn1. The Labute approximate surface area is 164 Å². The molecule has 3 aromatic rings. The van der Waals surface area contributed by atoms with E-state index in [2.05, 4.69) is 10.3 Å². The Morgan fingerprint density at radius 3 is 2.80 bits per heavy atom. The monoisotopic (exact) mass is 408 g/mol. The first-order chi connectivity index (χ1) is 12.1. The molecule has 0 bridgehead atoms. The van der Waals surface area contributed by atoms with Gasteiger partial charge in [-0.15, -0.1) is 23.1 Å². The van der Waals surface area contributed by atoms with Crippen LogP contribution in [0.3, 0.4) is 0 Å². The zero-order valence-corrected chi connectivity index (χ0v) is 16.2. The van der Waals surface area contributed by atoms with Gasteiger partial charge < -0.3 is 5.32 Å². The summed E-state index contributed by atoms with van der Waals surface area (Å²) in [4.78, 5) is 17.8. The lowest BCUT2D eigenvalue weighted by molar-refractivity contribution is 0.0948. The Morgan fingerprint density at radius 2 is 2.04 bits per heavy atom. The number of hydrogen-bond donors (Lipinski definition) is 1. The molecule has 0 atom stereocenters. The quantitative estimate of drug-likeness (QED) is 0.533. The van der Waals surface area contributed by atoms with Gasteiger partial charge >= 0.3 is 0 Å². The number of carbonyl (C=O) groups excluding carboxylic acids is 1. The first kappa shape index (κ1) is 18.3. The summed E-state index contributed by atoms with van der Waals surface area (Å²) in [5, 5.41) is 6.04. The largest absolute Gasteiger partial charge is 0.348 e. The predicted molar refractivity (Wildman–Crippen MR) is 106 cm³/mol. The van der Waals surface area contributed by atoms with Crippen molar-refractivity contribution < 1.29 is 4.79 Å². The van der Waals surface area contributed by atoms with Crippen LogP contribution in [0.4, 0.5) is 0 Å². The molecule has 3 rings (SSSR count). The van der Waals surface area contributed by atoms with E-state index in [-0.39, 0.29) is 5.91 Å². The third-order valence-corrected chi connectivity index (χ3v) is 5.77. The van der Waals surface area contributed by atoms with E-state index in [1.165, 1.54) is 0 Å². The molecule has 7 heteroatoms. The van der Waals surface area contributed by atoms with Gasteiger partial charge in [-0.05, 0) is 29.8 Å². The number of thioether (sulfide) groups is 1. The van der Waals surface area contributed by atoms with Crippen LogP contribution < -0.4 is 5.32 Å². The third-order valence-electron chi connectivity index (χ3n) is 3.45. The van der Waals surface area contributed by atoms with Crippen LogP contribution in [-0.4, -0.2) is 10.9 Å². The number of carbonyl (C=O) groups is 1. The van der Waals surface area contributed by atoms with Crippen LogP contribution in [0.5, 0.6) is 0 Å². The van der Waals surface area contributed by atoms with Crippen molar-refractivity contribution in [3.63, 3.8) is 0 Å². The summed E-state index contributed by atoms with van der Waals surface area (Å²) >= 11 is 15.2. The summed E-state index contributed by atoms with van der Waals surface area (Å²) in [6, 6.07) is 12.8. The molecule has 2 aromatic carbocycles. The van der Waals surface area contributed by atoms with Crippen molar-refractivity contribution in [2.45, 2.75) is 17.2 Å². The average Bonchev–Trinajstić information content (AvgIpc) is 3.13. The van der Waals surface area contributed by atoms with Crippen LogP contribution in [0.25, 0.3) is 0 Å². The molecule has 0 spiro atoms. The molecule has 25 heavy (non-hydrogen) atoms. The lowest BCUT2D eigenvalue weighted by Crippen LogP contribution is -2.23. The van der Waals surface area contributed by atoms with Gasteiger partial charge in [0.25, 0.3) is 5.91 Å². The topological polar surface area (TPSA) is 42.0 Å². The highest BCUT2D eigenvalue weighted by atomic mass is 35.5. The Morgan fingerprint density at radius 1 is 1.20 bits per heavy atom. The van der Waals surface area contributed by atoms with Crippen molar-refractivity contribution in [3.8, 4) is 0 Å². The Kier molecular flexibility index (Phi) is 6.37. The Balaban J connectivity index is 1.67. The van der Waals surface area contributed by atoms with Gasteiger partial charge in [0.2, 0.25) is 0 Å². The summed E-state index contributed by atoms with van der Waals surface area (Å²) < 4.78 is 0. The second-order valence-electron chi connectivity index (χ2n) is 5.18. The number of nitrogens with one attached hydrogen (secondary N) is 1. The lowest BCUT2D eigenvalue weighted by atomic mass is 10.2. The fourth-order valence-corrected chi connectivity index (χ4v) is 4.27. The smallest absolute Gasteiger partial charge is 0.252 e. The third kappa shape index (κ3) is 4.98. The molecule has 1 heterocycles. The molecule has 128 valence electrons. The summed E-state index contributed by atoms with van der Waals surface area (Å²) in [6.45, 7) is 0.347. The number of hydrogen-bond acceptors (Lipinski definition) is 4. The second-order valence-corrected chi connectivity index (χ2v) is 7.76. The van der Waals surface area contributed by atoms with Gasteiger partial charge in [0.05, 0.1) is 16.8 Å². The van der Waals surface area contributed by atoms with E-state index in [1.54, 1.807) is 35.2 Å². The maximum Gasteiger partial charge on any atom is 0.252 e. The fourth-order valence-electron chi connectivity index (χ4n) is 2.18. The Bertz CT molecular complexity index is 869. The summed E-state index contributed by atoms with van der Waals surface area (Å²) in [7, 11) is 0. The minimum Gasteiger partial charge on any atom is -0.348 e. The van der Waals surface area contributed by atoms with Crippen LogP contribution in [-0.2, 0) is 12.3 Å². The minimum absolute atomic E-state index is 0.132. The first-order valence-corrected chi connectivity index (χ1v) is 10.1. The number of amides is 1. The summed E-state index contributed by atoms with van der Waals surface area (Å²) in [5.41, 5.74) is 4.29. The molecule has 0 aliphatic carbocycles. The van der Waals surface area contributed by atoms with Crippen LogP contribution in [0.15, 0.2) is 58.3 Å². The van der Waals surface area contributed by atoms with Crippen molar-refractivity contribution in [1.29, 1.82) is 0 Å². The van der Waals surface area contributed by atoms with E-state index in [1.807, 2.05) is 41.2 Å². The van der Waals surface area contributed by atoms with Crippen molar-refractivity contribution in [3.05, 3.63) is 80.2 Å². The van der Waals surface area contributed by atoms with Crippen LogP contribution in [0, 0.1) is 0 Å². The molecule has 0 radical (unpaired) electrons. The highest BCUT2D eigenvalue weighted by molar-refractivity contribution is 7.98. The average molecular weight is 409 g/mol. The standard InChI is InChI=1S/C18H14Cl2N2OS2/c19-13-6-5-12(16(20)7-13)8-21-18(23)15-3-1-2-4-17(15)25-10-14-9-24-11-22-14/h1-7,9,11H,8,10H2,(H,21,23). The van der Waals surface area contributed by atoms with Crippen molar-refractivity contribution >= 4 is 52.2 Å². The maximum absolute atomic E-state index is 12.6. The maximum atomic E-state index is 12.6. The highest BCUT2D eigenvalue weighted by Gasteiger charge is 2.12. The number of benzene rings is 2. The molecule has 1 amide bonds. The molecule has 0 saturated heterocycles. The number of thiazole rings is 1. The lowest BCUT2D eigenvalue weighted by Gasteiger charge is -2.10. The number of rotatable bonds is 6. The minimum atomic E-state index is -0.132. The van der Waals surface area contributed by atoms with Crippen molar-refractivity contribution in [1.82, 2.24) is 10.3 Å². The molecule has 0 aliphatic rings. The van der Waals surface area contributed by atoms with Gasteiger partial charge in [-0.2, -0.15) is 0 Å². The van der Waals surface area contributed by atoms with Gasteiger partial charge in [0, 0.05) is 32.6 Å². The zero-order chi connectivity index (χ0) is 17.6. The van der Waals surface area contributed by atoms with Gasteiger partial charge in [-0.1, -0.05) is 41.4 Å². The van der Waals surface area contributed by atoms with Gasteiger partial charge in [0.15, 0.2) is 0 Å². The summed E-state index contributed by atoms with van der Waals surface area (Å²) in [5.74, 6) is 0.601. The zero-order valence-electron chi connectivity index (χ0n) is 13.0. The van der Waals surface area contributed by atoms with E-state index >= 15 is 0 Å². The first-order valence-electron chi connectivity index (χ1n) is 7.44. The van der Waals surface area contributed by atoms with E-state index in [9.17, 15) is 4.79 Å². The van der Waals surface area contributed by atoms with Gasteiger partial charge in [0.1, 0.15) is 0 Å². The molecule has 1 aromatic heterocycles. The van der Waals surface area contributed by atoms with Crippen LogP contribution in [0.2, 0.25) is 10.0 Å². The van der Waals surface area contributed by atoms with Gasteiger partial charge in [-0.3, -0.25) is 4.79 Å². The van der Waals surface area contributed by atoms with Crippen LogP contribution >= 0.6 is 46.3 Å². The van der Waals surface area contributed by atoms with Crippen molar-refractivity contribution in [2.75, 3.05) is 0 Å². The van der Waals surface area contributed by atoms with E-state index in [0.29, 0.717) is 22.2 Å². The van der Waals surface area contributed by atoms with Crippen molar-refractivity contribution in [2.24, 2.45) is 0 Å². The number of nitrogens with zero attached hydrogens (tertiary/aromatic N) is 1. The van der Waals surface area contributed by atoms with E-state index < -0.39 is 0 Å². The van der Waals surface area contributed by atoms with Gasteiger partial charge in [-0.25, -0.2) is 4.98 Å². The molecular formula is C18H14Cl2N2OS2. The molecule has 3 nitrogen and oxygen atoms in total. The number of aromatic nitrogens is 1. The fraction of sp³-hybridized carbons (Fsp3) is 0.111. The molecule has 0 unspecified atom stereocenters.